The topological polar surface area (TPSA) is 84.9 Å². The summed E-state index contributed by atoms with van der Waals surface area (Å²) in [5.41, 5.74) is 1.71. The van der Waals surface area contributed by atoms with Gasteiger partial charge in [0.15, 0.2) is 0 Å². The number of aryl methyl sites for hydroxylation is 1. The van der Waals surface area contributed by atoms with E-state index in [0.29, 0.717) is 5.69 Å². The van der Waals surface area contributed by atoms with Crippen LogP contribution >= 0.6 is 0 Å². The molecule has 2 aromatic rings. The summed E-state index contributed by atoms with van der Waals surface area (Å²) in [5, 5.41) is 18.0. The van der Waals surface area contributed by atoms with Crippen LogP contribution in [0.2, 0.25) is 0 Å². The van der Waals surface area contributed by atoms with Gasteiger partial charge < -0.3 is 0 Å². The average molecular weight is 269 g/mol. The van der Waals surface area contributed by atoms with Crippen molar-refractivity contribution in [3.63, 3.8) is 0 Å². The highest BCUT2D eigenvalue weighted by molar-refractivity contribution is 5.94. The summed E-state index contributed by atoms with van der Waals surface area (Å²) in [7, 11) is 0. The van der Waals surface area contributed by atoms with Gasteiger partial charge in [0.2, 0.25) is 0 Å². The first-order valence-electron chi connectivity index (χ1n) is 5.84. The molecule has 6 nitrogen and oxygen atoms in total. The molecule has 0 aromatic heterocycles. The Kier molecular flexibility index (Phi) is 3.95. The van der Waals surface area contributed by atoms with Crippen LogP contribution in [0.15, 0.2) is 58.8 Å². The van der Waals surface area contributed by atoms with Gasteiger partial charge in [-0.25, -0.2) is 0 Å². The molecule has 20 heavy (non-hydrogen) atoms. The minimum Gasteiger partial charge on any atom is -0.265 e. The fraction of sp³-hybridized carbons (Fsp3) is 0.0714. The third kappa shape index (κ3) is 3.11. The lowest BCUT2D eigenvalue weighted by Gasteiger charge is -1.97. The quantitative estimate of drug-likeness (QED) is 0.482. The van der Waals surface area contributed by atoms with Crippen LogP contribution in [0, 0.1) is 17.0 Å². The molecule has 2 rings (SSSR count). The van der Waals surface area contributed by atoms with Gasteiger partial charge in [0.05, 0.1) is 10.6 Å². The number of carbonyl (C=O) groups excluding carboxylic acids is 1. The van der Waals surface area contributed by atoms with Crippen LogP contribution < -0.4 is 0 Å². The number of rotatable bonds is 3. The van der Waals surface area contributed by atoms with E-state index in [1.54, 1.807) is 12.1 Å². The normalized spacial score (nSPS) is 10.7. The first-order chi connectivity index (χ1) is 9.58. The largest absolute Gasteiger partial charge is 0.295 e. The Hall–Kier alpha value is -2.89. The minimum atomic E-state index is -0.539. The molecule has 6 heteroatoms. The molecule has 0 bridgehead atoms. The van der Waals surface area contributed by atoms with Crippen molar-refractivity contribution >= 4 is 17.3 Å². The van der Waals surface area contributed by atoms with E-state index in [4.69, 9.17) is 0 Å². The van der Waals surface area contributed by atoms with E-state index in [-0.39, 0.29) is 11.3 Å². The van der Waals surface area contributed by atoms with Crippen molar-refractivity contribution < 1.29 is 9.72 Å². The molecule has 2 aromatic carbocycles. The molecule has 0 N–H and O–H groups in total. The highest BCUT2D eigenvalue weighted by atomic mass is 16.6. The Labute approximate surface area is 114 Å². The zero-order valence-electron chi connectivity index (χ0n) is 10.7. The van der Waals surface area contributed by atoms with Gasteiger partial charge in [-0.05, 0) is 30.7 Å². The van der Waals surface area contributed by atoms with Crippen molar-refractivity contribution in [1.29, 1.82) is 0 Å². The Balaban J connectivity index is 2.16. The lowest BCUT2D eigenvalue weighted by molar-refractivity contribution is -0.384. The predicted molar refractivity (Wildman–Crippen MR) is 73.1 cm³/mol. The highest BCUT2D eigenvalue weighted by Gasteiger charge is 2.08. The van der Waals surface area contributed by atoms with Crippen molar-refractivity contribution in [2.75, 3.05) is 0 Å². The van der Waals surface area contributed by atoms with Gasteiger partial charge in [0.25, 0.3) is 11.6 Å². The second-order valence-electron chi connectivity index (χ2n) is 4.10. The van der Waals surface area contributed by atoms with E-state index in [2.05, 4.69) is 10.2 Å². The van der Waals surface area contributed by atoms with E-state index < -0.39 is 10.8 Å². The predicted octanol–water partition coefficient (Wildman–Crippen LogP) is 3.83. The lowest BCUT2D eigenvalue weighted by atomic mass is 10.2. The highest BCUT2D eigenvalue weighted by Crippen LogP contribution is 2.18. The Bertz CT molecular complexity index is 678. The number of carbonyl (C=O) groups is 1. The molecular formula is C14H11N3O3. The molecule has 0 aliphatic rings. The smallest absolute Gasteiger partial charge is 0.265 e. The van der Waals surface area contributed by atoms with Gasteiger partial charge in [-0.15, -0.1) is 10.2 Å². The molecule has 0 spiro atoms. The molecule has 100 valence electrons. The average Bonchev–Trinajstić information content (AvgIpc) is 2.46. The fourth-order valence-electron chi connectivity index (χ4n) is 1.56. The number of hydrogen-bond acceptors (Lipinski definition) is 4. The number of nitrogens with zero attached hydrogens (tertiary/aromatic N) is 3. The van der Waals surface area contributed by atoms with E-state index in [1.807, 2.05) is 19.1 Å². The van der Waals surface area contributed by atoms with Crippen LogP contribution in [0.25, 0.3) is 0 Å². The molecule has 0 unspecified atom stereocenters. The van der Waals surface area contributed by atoms with E-state index in [1.165, 1.54) is 24.3 Å². The van der Waals surface area contributed by atoms with E-state index >= 15 is 0 Å². The maximum absolute atomic E-state index is 11.8. The van der Waals surface area contributed by atoms with Gasteiger partial charge in [-0.2, -0.15) is 0 Å². The number of amides is 1. The third-order valence-corrected chi connectivity index (χ3v) is 2.69. The van der Waals surface area contributed by atoms with Gasteiger partial charge >= 0.3 is 0 Å². The van der Waals surface area contributed by atoms with Gasteiger partial charge in [-0.3, -0.25) is 14.9 Å². The summed E-state index contributed by atoms with van der Waals surface area (Å²) in [6.45, 7) is 1.87. The summed E-state index contributed by atoms with van der Waals surface area (Å²) < 4.78 is 0. The molecule has 0 aliphatic carbocycles. The maximum Gasteiger partial charge on any atom is 0.295 e. The molecule has 0 fully saturated rings. The molecular weight excluding hydrogens is 258 g/mol. The summed E-state index contributed by atoms with van der Waals surface area (Å²) in [6.07, 6.45) is 0. The van der Waals surface area contributed by atoms with Crippen LogP contribution in [0.4, 0.5) is 11.4 Å². The monoisotopic (exact) mass is 269 g/mol. The van der Waals surface area contributed by atoms with Crippen molar-refractivity contribution in [1.82, 2.24) is 0 Å². The third-order valence-electron chi connectivity index (χ3n) is 2.69. The standard InChI is InChI=1S/C14H11N3O3/c1-10-4-2-3-5-13(10)15-16-14(18)11-6-8-12(9-7-11)17(19)20/h2-9H,1H3. The number of hydrogen-bond donors (Lipinski definition) is 0. The zero-order chi connectivity index (χ0) is 14.5. The van der Waals surface area contributed by atoms with E-state index in [0.717, 1.165) is 5.56 Å². The zero-order valence-corrected chi connectivity index (χ0v) is 10.7. The number of nitro groups is 1. The fourth-order valence-corrected chi connectivity index (χ4v) is 1.56. The van der Waals surface area contributed by atoms with Gasteiger partial charge in [0, 0.05) is 17.7 Å². The van der Waals surface area contributed by atoms with Crippen LogP contribution in [0.1, 0.15) is 15.9 Å². The summed E-state index contributed by atoms with van der Waals surface area (Å²) in [4.78, 5) is 21.8. The van der Waals surface area contributed by atoms with Crippen molar-refractivity contribution in [3.05, 3.63) is 69.8 Å². The second-order valence-corrected chi connectivity index (χ2v) is 4.10. The first kappa shape index (κ1) is 13.5. The Morgan fingerprint density at radius 3 is 2.35 bits per heavy atom. The molecule has 0 atom stereocenters. The second kappa shape index (κ2) is 5.83. The molecule has 0 radical (unpaired) electrons. The lowest BCUT2D eigenvalue weighted by Crippen LogP contribution is -1.94. The van der Waals surface area contributed by atoms with Crippen molar-refractivity contribution in [3.8, 4) is 0 Å². The number of azo groups is 1. The Morgan fingerprint density at radius 1 is 1.10 bits per heavy atom. The van der Waals surface area contributed by atoms with Gasteiger partial charge in [0.1, 0.15) is 0 Å². The summed E-state index contributed by atoms with van der Waals surface area (Å²) in [5.74, 6) is -0.539. The minimum absolute atomic E-state index is 0.0719. The SMILES string of the molecule is Cc1ccccc1N=NC(=O)c1ccc([N+](=O)[O-])cc1. The molecule has 0 saturated carbocycles. The van der Waals surface area contributed by atoms with Crippen LogP contribution in [0.5, 0.6) is 0 Å². The van der Waals surface area contributed by atoms with Crippen molar-refractivity contribution in [2.24, 2.45) is 10.2 Å². The molecule has 0 aliphatic heterocycles. The molecule has 0 heterocycles. The van der Waals surface area contributed by atoms with Gasteiger partial charge in [-0.1, -0.05) is 18.2 Å². The molecule has 1 amide bonds. The van der Waals surface area contributed by atoms with Crippen LogP contribution in [-0.2, 0) is 0 Å². The maximum atomic E-state index is 11.8. The van der Waals surface area contributed by atoms with E-state index in [9.17, 15) is 14.9 Å². The number of nitro benzene ring substituents is 1. The van der Waals surface area contributed by atoms with Crippen LogP contribution in [-0.4, -0.2) is 10.8 Å². The first-order valence-corrected chi connectivity index (χ1v) is 5.84. The number of benzene rings is 2. The molecule has 0 saturated heterocycles. The van der Waals surface area contributed by atoms with Crippen LogP contribution in [0.3, 0.4) is 0 Å². The summed E-state index contributed by atoms with van der Waals surface area (Å²) in [6, 6.07) is 12.5. The Morgan fingerprint density at radius 2 is 1.75 bits per heavy atom. The summed E-state index contributed by atoms with van der Waals surface area (Å²) >= 11 is 0. The number of non-ortho nitro benzene ring substituents is 1. The van der Waals surface area contributed by atoms with Crippen molar-refractivity contribution in [2.45, 2.75) is 6.92 Å².